The third-order valence-electron chi connectivity index (χ3n) is 2.80. The van der Waals surface area contributed by atoms with Gasteiger partial charge in [-0.15, -0.1) is 0 Å². The lowest BCUT2D eigenvalue weighted by Crippen LogP contribution is -2.39. The molecule has 20 heavy (non-hydrogen) atoms. The fraction of sp³-hybridized carbons (Fsp3) is 0.462. The van der Waals surface area contributed by atoms with Crippen LogP contribution in [0, 0.1) is 5.92 Å². The first-order chi connectivity index (χ1) is 9.16. The van der Waals surface area contributed by atoms with Gasteiger partial charge in [0.25, 0.3) is 0 Å². The molecule has 0 saturated carbocycles. The van der Waals surface area contributed by atoms with Crippen molar-refractivity contribution >= 4 is 37.4 Å². The van der Waals surface area contributed by atoms with Crippen molar-refractivity contribution in [3.8, 4) is 0 Å². The van der Waals surface area contributed by atoms with E-state index in [0.717, 1.165) is 0 Å². The highest BCUT2D eigenvalue weighted by Crippen LogP contribution is 2.26. The molecule has 1 atom stereocenters. The summed E-state index contributed by atoms with van der Waals surface area (Å²) >= 11 is 3.22. The predicted octanol–water partition coefficient (Wildman–Crippen LogP) is 1.97. The Morgan fingerprint density at radius 1 is 1.35 bits per heavy atom. The summed E-state index contributed by atoms with van der Waals surface area (Å²) in [6.07, 6.45) is 0. The minimum Gasteiger partial charge on any atom is -0.398 e. The van der Waals surface area contributed by atoms with Gasteiger partial charge in [0.15, 0.2) is 9.84 Å². The van der Waals surface area contributed by atoms with Gasteiger partial charge in [-0.2, -0.15) is 0 Å². The van der Waals surface area contributed by atoms with E-state index in [1.165, 1.54) is 19.1 Å². The van der Waals surface area contributed by atoms with E-state index in [4.69, 9.17) is 5.73 Å². The molecule has 1 rings (SSSR count). The molecule has 0 saturated heterocycles. The first-order valence-corrected chi connectivity index (χ1v) is 8.56. The summed E-state index contributed by atoms with van der Waals surface area (Å²) in [5.74, 6) is -0.257. The smallest absolute Gasteiger partial charge is 0.238 e. The largest absolute Gasteiger partial charge is 0.398 e. The first kappa shape index (κ1) is 17.0. The molecule has 7 heteroatoms. The zero-order valence-corrected chi connectivity index (χ0v) is 14.1. The van der Waals surface area contributed by atoms with Crippen molar-refractivity contribution in [3.63, 3.8) is 0 Å². The maximum absolute atomic E-state index is 12.4. The van der Waals surface area contributed by atoms with Crippen molar-refractivity contribution in [2.45, 2.75) is 30.9 Å². The quantitative estimate of drug-likeness (QED) is 0.783. The number of nitrogen functional groups attached to an aromatic ring is 1. The third-order valence-corrected chi connectivity index (χ3v) is 5.42. The lowest BCUT2D eigenvalue weighted by Gasteiger charge is -2.15. The standard InChI is InChI=1S/C13H19BrN2O3S/c1-8(2)7-16-13(17)9(3)20(18,19)12-5-4-10(14)6-11(12)15/h4-6,8-9H,7,15H2,1-3H3,(H,16,17). The minimum atomic E-state index is -3.79. The molecule has 1 unspecified atom stereocenters. The number of hydrogen-bond acceptors (Lipinski definition) is 4. The summed E-state index contributed by atoms with van der Waals surface area (Å²) in [6.45, 7) is 5.68. The first-order valence-electron chi connectivity index (χ1n) is 6.23. The molecule has 1 amide bonds. The van der Waals surface area contributed by atoms with E-state index >= 15 is 0 Å². The van der Waals surface area contributed by atoms with Crippen LogP contribution in [-0.4, -0.2) is 26.1 Å². The minimum absolute atomic E-state index is 0.0205. The molecular formula is C13H19BrN2O3S. The highest BCUT2D eigenvalue weighted by Gasteiger charge is 2.31. The van der Waals surface area contributed by atoms with E-state index in [1.54, 1.807) is 6.07 Å². The summed E-state index contributed by atoms with van der Waals surface area (Å²) in [5.41, 5.74) is 5.85. The summed E-state index contributed by atoms with van der Waals surface area (Å²) in [5, 5.41) is 1.44. The number of carbonyl (C=O) groups excluding carboxylic acids is 1. The number of amides is 1. The highest BCUT2D eigenvalue weighted by molar-refractivity contribution is 9.10. The monoisotopic (exact) mass is 362 g/mol. The number of sulfone groups is 1. The number of benzene rings is 1. The highest BCUT2D eigenvalue weighted by atomic mass is 79.9. The zero-order chi connectivity index (χ0) is 15.5. The number of nitrogens with two attached hydrogens (primary N) is 1. The lowest BCUT2D eigenvalue weighted by molar-refractivity contribution is -0.120. The van der Waals surface area contributed by atoms with Gasteiger partial charge in [0.1, 0.15) is 5.25 Å². The third kappa shape index (κ3) is 3.96. The number of hydrogen-bond donors (Lipinski definition) is 2. The Balaban J connectivity index is 3.01. The molecule has 0 fully saturated rings. The fourth-order valence-corrected chi connectivity index (χ4v) is 3.33. The van der Waals surface area contributed by atoms with Crippen molar-refractivity contribution in [2.24, 2.45) is 5.92 Å². The van der Waals surface area contributed by atoms with Crippen LogP contribution in [-0.2, 0) is 14.6 Å². The normalized spacial score (nSPS) is 13.2. The molecule has 0 aromatic heterocycles. The van der Waals surface area contributed by atoms with Gasteiger partial charge in [0.2, 0.25) is 5.91 Å². The number of carbonyl (C=O) groups is 1. The Morgan fingerprint density at radius 2 is 1.95 bits per heavy atom. The Morgan fingerprint density at radius 3 is 2.45 bits per heavy atom. The van der Waals surface area contributed by atoms with E-state index in [0.29, 0.717) is 11.0 Å². The zero-order valence-electron chi connectivity index (χ0n) is 11.7. The van der Waals surface area contributed by atoms with Crippen molar-refractivity contribution in [2.75, 3.05) is 12.3 Å². The maximum atomic E-state index is 12.4. The topological polar surface area (TPSA) is 89.3 Å². The van der Waals surface area contributed by atoms with Crippen LogP contribution >= 0.6 is 15.9 Å². The molecule has 0 aliphatic carbocycles. The van der Waals surface area contributed by atoms with Crippen LogP contribution < -0.4 is 11.1 Å². The number of nitrogens with one attached hydrogen (secondary N) is 1. The van der Waals surface area contributed by atoms with Gasteiger partial charge < -0.3 is 11.1 Å². The molecule has 0 heterocycles. The van der Waals surface area contributed by atoms with E-state index in [1.807, 2.05) is 13.8 Å². The second-order valence-electron chi connectivity index (χ2n) is 5.01. The summed E-state index contributed by atoms with van der Waals surface area (Å²) in [4.78, 5) is 11.9. The van der Waals surface area contributed by atoms with Crippen LogP contribution in [0.1, 0.15) is 20.8 Å². The number of halogens is 1. The van der Waals surface area contributed by atoms with Gasteiger partial charge in [0.05, 0.1) is 10.6 Å². The van der Waals surface area contributed by atoms with Crippen molar-refractivity contribution in [3.05, 3.63) is 22.7 Å². The molecule has 0 aliphatic heterocycles. The summed E-state index contributed by atoms with van der Waals surface area (Å²) < 4.78 is 25.5. The van der Waals surface area contributed by atoms with Crippen LogP contribution in [0.5, 0.6) is 0 Å². The number of rotatable bonds is 5. The van der Waals surface area contributed by atoms with Crippen LogP contribution in [0.2, 0.25) is 0 Å². The Bertz CT molecular complexity index is 600. The molecule has 0 bridgehead atoms. The molecule has 0 aliphatic rings. The Kier molecular flexibility index (Phi) is 5.59. The second kappa shape index (κ2) is 6.58. The van der Waals surface area contributed by atoms with Crippen molar-refractivity contribution in [1.29, 1.82) is 0 Å². The van der Waals surface area contributed by atoms with Gasteiger partial charge in [0, 0.05) is 11.0 Å². The molecule has 0 radical (unpaired) electrons. The average molecular weight is 363 g/mol. The molecule has 1 aromatic carbocycles. The molecular weight excluding hydrogens is 344 g/mol. The van der Waals surface area contributed by atoms with Gasteiger partial charge in [-0.05, 0) is 31.0 Å². The van der Waals surface area contributed by atoms with Crippen molar-refractivity contribution in [1.82, 2.24) is 5.32 Å². The van der Waals surface area contributed by atoms with E-state index in [2.05, 4.69) is 21.2 Å². The SMILES string of the molecule is CC(C)CNC(=O)C(C)S(=O)(=O)c1ccc(Br)cc1N. The molecule has 0 spiro atoms. The van der Waals surface area contributed by atoms with Crippen molar-refractivity contribution < 1.29 is 13.2 Å². The van der Waals surface area contributed by atoms with Crippen LogP contribution in [0.3, 0.4) is 0 Å². The van der Waals surface area contributed by atoms with E-state index < -0.39 is 21.0 Å². The Hall–Kier alpha value is -1.08. The van der Waals surface area contributed by atoms with E-state index in [-0.39, 0.29) is 16.5 Å². The van der Waals surface area contributed by atoms with Crippen LogP contribution in [0.25, 0.3) is 0 Å². The number of anilines is 1. The molecule has 3 N–H and O–H groups in total. The second-order valence-corrected chi connectivity index (χ2v) is 8.16. The van der Waals surface area contributed by atoms with Gasteiger partial charge in [-0.3, -0.25) is 4.79 Å². The Labute approximate surface area is 128 Å². The lowest BCUT2D eigenvalue weighted by atomic mass is 10.2. The summed E-state index contributed by atoms with van der Waals surface area (Å²) in [6, 6.07) is 4.49. The van der Waals surface area contributed by atoms with Crippen LogP contribution in [0.15, 0.2) is 27.6 Å². The molecule has 5 nitrogen and oxygen atoms in total. The maximum Gasteiger partial charge on any atom is 0.238 e. The molecule has 112 valence electrons. The van der Waals surface area contributed by atoms with E-state index in [9.17, 15) is 13.2 Å². The average Bonchev–Trinajstić information content (AvgIpc) is 2.34. The van der Waals surface area contributed by atoms with Gasteiger partial charge >= 0.3 is 0 Å². The summed E-state index contributed by atoms with van der Waals surface area (Å²) in [7, 11) is -3.79. The van der Waals surface area contributed by atoms with Gasteiger partial charge in [-0.25, -0.2) is 8.42 Å². The molecule has 1 aromatic rings. The predicted molar refractivity (Wildman–Crippen MR) is 83.0 cm³/mol. The van der Waals surface area contributed by atoms with Crippen LogP contribution in [0.4, 0.5) is 5.69 Å². The van der Waals surface area contributed by atoms with Gasteiger partial charge in [-0.1, -0.05) is 29.8 Å². The fourth-order valence-electron chi connectivity index (χ4n) is 1.56.